The van der Waals surface area contributed by atoms with E-state index in [1.807, 2.05) is 11.0 Å². The van der Waals surface area contributed by atoms with Gasteiger partial charge in [0.1, 0.15) is 17.8 Å². The Balaban J connectivity index is 1.33. The van der Waals surface area contributed by atoms with E-state index in [4.69, 9.17) is 0 Å². The summed E-state index contributed by atoms with van der Waals surface area (Å²) in [5.41, 5.74) is 1.91. The molecule has 2 aliphatic rings. The van der Waals surface area contributed by atoms with Gasteiger partial charge < -0.3 is 14.7 Å². The molecule has 0 radical (unpaired) electrons. The highest BCUT2D eigenvalue weighted by molar-refractivity contribution is 5.93. The molecule has 1 aromatic heterocycles. The van der Waals surface area contributed by atoms with Gasteiger partial charge in [0.2, 0.25) is 0 Å². The number of nitrogens with zero attached hydrogens (tertiary/aromatic N) is 5. The highest BCUT2D eigenvalue weighted by Gasteiger charge is 2.25. The molecule has 0 bridgehead atoms. The van der Waals surface area contributed by atoms with E-state index in [2.05, 4.69) is 57.0 Å². The number of aromatic nitrogens is 2. The van der Waals surface area contributed by atoms with Crippen molar-refractivity contribution >= 4 is 11.7 Å². The zero-order valence-electron chi connectivity index (χ0n) is 17.3. The molecule has 0 N–H and O–H groups in total. The van der Waals surface area contributed by atoms with Crippen molar-refractivity contribution in [3.8, 4) is 0 Å². The van der Waals surface area contributed by atoms with Crippen LogP contribution in [0.2, 0.25) is 0 Å². The number of piperidine rings is 1. The fourth-order valence-corrected chi connectivity index (χ4v) is 4.38. The molecule has 29 heavy (non-hydrogen) atoms. The molecule has 3 heterocycles. The third kappa shape index (κ3) is 4.93. The molecule has 2 saturated heterocycles. The number of anilines is 1. The topological polar surface area (TPSA) is 52.6 Å². The molecule has 0 unspecified atom stereocenters. The fourth-order valence-electron chi connectivity index (χ4n) is 4.38. The van der Waals surface area contributed by atoms with Crippen LogP contribution in [0.3, 0.4) is 0 Å². The van der Waals surface area contributed by atoms with Crippen LogP contribution in [-0.2, 0) is 6.42 Å². The van der Waals surface area contributed by atoms with Crippen LogP contribution < -0.4 is 4.90 Å². The van der Waals surface area contributed by atoms with Gasteiger partial charge in [-0.1, -0.05) is 37.3 Å². The second kappa shape index (κ2) is 9.35. The standard InChI is InChI=1S/C23H31N5O/c1-2-26-12-14-27(15-13-26)22-17-21(24-18-25-22)23(29)28-10-8-20(9-11-28)16-19-6-4-3-5-7-19/h3-7,17-18,20H,2,8-16H2,1H3. The molecular weight excluding hydrogens is 362 g/mol. The maximum atomic E-state index is 13.0. The van der Waals surface area contributed by atoms with Crippen LogP contribution in [0, 0.1) is 5.92 Å². The number of amides is 1. The highest BCUT2D eigenvalue weighted by atomic mass is 16.2. The first-order valence-electron chi connectivity index (χ1n) is 10.9. The minimum atomic E-state index is 0.0407. The summed E-state index contributed by atoms with van der Waals surface area (Å²) in [5.74, 6) is 1.56. The Kier molecular flexibility index (Phi) is 6.39. The van der Waals surface area contributed by atoms with Crippen molar-refractivity contribution in [2.24, 2.45) is 5.92 Å². The quantitative estimate of drug-likeness (QED) is 0.782. The van der Waals surface area contributed by atoms with Gasteiger partial charge in [-0.2, -0.15) is 0 Å². The molecule has 6 heteroatoms. The van der Waals surface area contributed by atoms with Gasteiger partial charge in [-0.05, 0) is 37.3 Å². The van der Waals surface area contributed by atoms with E-state index in [0.29, 0.717) is 11.6 Å². The zero-order valence-corrected chi connectivity index (χ0v) is 17.3. The smallest absolute Gasteiger partial charge is 0.272 e. The van der Waals surface area contributed by atoms with Gasteiger partial charge in [-0.3, -0.25) is 4.79 Å². The van der Waals surface area contributed by atoms with Gasteiger partial charge in [-0.15, -0.1) is 0 Å². The van der Waals surface area contributed by atoms with Crippen molar-refractivity contribution in [2.45, 2.75) is 26.2 Å². The number of likely N-dealkylation sites (N-methyl/N-ethyl adjacent to an activating group) is 1. The predicted molar refractivity (Wildman–Crippen MR) is 115 cm³/mol. The maximum Gasteiger partial charge on any atom is 0.272 e. The summed E-state index contributed by atoms with van der Waals surface area (Å²) in [7, 11) is 0. The van der Waals surface area contributed by atoms with Gasteiger partial charge >= 0.3 is 0 Å². The molecular formula is C23H31N5O. The fraction of sp³-hybridized carbons (Fsp3) is 0.522. The third-order valence-electron chi connectivity index (χ3n) is 6.28. The number of rotatable bonds is 5. The lowest BCUT2D eigenvalue weighted by atomic mass is 9.90. The third-order valence-corrected chi connectivity index (χ3v) is 6.28. The van der Waals surface area contributed by atoms with Crippen LogP contribution in [0.4, 0.5) is 5.82 Å². The van der Waals surface area contributed by atoms with Gasteiger partial charge in [-0.25, -0.2) is 9.97 Å². The number of benzene rings is 1. The molecule has 0 saturated carbocycles. The summed E-state index contributed by atoms with van der Waals surface area (Å²) in [4.78, 5) is 28.4. The van der Waals surface area contributed by atoms with Crippen molar-refractivity contribution in [1.29, 1.82) is 0 Å². The van der Waals surface area contributed by atoms with Gasteiger partial charge in [0.15, 0.2) is 0 Å². The van der Waals surface area contributed by atoms with E-state index in [0.717, 1.165) is 70.9 Å². The lowest BCUT2D eigenvalue weighted by molar-refractivity contribution is 0.0684. The summed E-state index contributed by atoms with van der Waals surface area (Å²) in [6.45, 7) is 8.88. The minimum absolute atomic E-state index is 0.0407. The summed E-state index contributed by atoms with van der Waals surface area (Å²) >= 11 is 0. The van der Waals surface area contributed by atoms with Gasteiger partial charge in [0.25, 0.3) is 5.91 Å². The molecule has 0 spiro atoms. The second-order valence-corrected chi connectivity index (χ2v) is 8.11. The summed E-state index contributed by atoms with van der Waals surface area (Å²) in [5, 5.41) is 0. The first-order valence-corrected chi connectivity index (χ1v) is 10.9. The summed E-state index contributed by atoms with van der Waals surface area (Å²) in [6.07, 6.45) is 4.75. The van der Waals surface area contributed by atoms with E-state index in [1.165, 1.54) is 11.9 Å². The first kappa shape index (κ1) is 19.8. The lowest BCUT2D eigenvalue weighted by Gasteiger charge is -2.35. The molecule has 0 atom stereocenters. The summed E-state index contributed by atoms with van der Waals surface area (Å²) < 4.78 is 0. The average Bonchev–Trinajstić information content (AvgIpc) is 2.80. The Bertz CT molecular complexity index is 796. The van der Waals surface area contributed by atoms with Crippen LogP contribution in [0.15, 0.2) is 42.7 Å². The van der Waals surface area contributed by atoms with E-state index >= 15 is 0 Å². The van der Waals surface area contributed by atoms with E-state index in [-0.39, 0.29) is 5.91 Å². The second-order valence-electron chi connectivity index (χ2n) is 8.11. The van der Waals surface area contributed by atoms with Crippen molar-refractivity contribution < 1.29 is 4.79 Å². The zero-order chi connectivity index (χ0) is 20.1. The molecule has 4 rings (SSSR count). The summed E-state index contributed by atoms with van der Waals surface area (Å²) in [6, 6.07) is 12.5. The molecule has 0 aliphatic carbocycles. The SMILES string of the molecule is CCN1CCN(c2cc(C(=O)N3CCC(Cc4ccccc4)CC3)ncn2)CC1. The van der Waals surface area contributed by atoms with E-state index in [1.54, 1.807) is 0 Å². The van der Waals surface area contributed by atoms with E-state index < -0.39 is 0 Å². The Morgan fingerprint density at radius 1 is 1.00 bits per heavy atom. The largest absolute Gasteiger partial charge is 0.354 e. The number of piperazine rings is 1. The van der Waals surface area contributed by atoms with Crippen LogP contribution in [0.1, 0.15) is 35.8 Å². The number of carbonyl (C=O) groups is 1. The van der Waals surface area contributed by atoms with Crippen molar-refractivity contribution in [1.82, 2.24) is 19.8 Å². The molecule has 2 aromatic rings. The van der Waals surface area contributed by atoms with Crippen LogP contribution in [0.5, 0.6) is 0 Å². The van der Waals surface area contributed by atoms with Gasteiger partial charge in [0.05, 0.1) is 0 Å². The Morgan fingerprint density at radius 3 is 2.41 bits per heavy atom. The van der Waals surface area contributed by atoms with Crippen molar-refractivity contribution in [2.75, 3.05) is 50.7 Å². The molecule has 1 amide bonds. The Hall–Kier alpha value is -2.47. The molecule has 1 aromatic carbocycles. The number of hydrogen-bond donors (Lipinski definition) is 0. The Labute approximate surface area is 173 Å². The predicted octanol–water partition coefficient (Wildman–Crippen LogP) is 2.71. The van der Waals surface area contributed by atoms with E-state index in [9.17, 15) is 4.79 Å². The number of likely N-dealkylation sites (tertiary alicyclic amines) is 1. The van der Waals surface area contributed by atoms with Crippen LogP contribution >= 0.6 is 0 Å². The Morgan fingerprint density at radius 2 is 1.72 bits per heavy atom. The maximum absolute atomic E-state index is 13.0. The molecule has 2 fully saturated rings. The lowest BCUT2D eigenvalue weighted by Crippen LogP contribution is -2.46. The molecule has 2 aliphatic heterocycles. The number of carbonyl (C=O) groups excluding carboxylic acids is 1. The first-order chi connectivity index (χ1) is 14.2. The van der Waals surface area contributed by atoms with Crippen LogP contribution in [0.25, 0.3) is 0 Å². The monoisotopic (exact) mass is 393 g/mol. The highest BCUT2D eigenvalue weighted by Crippen LogP contribution is 2.23. The average molecular weight is 394 g/mol. The minimum Gasteiger partial charge on any atom is -0.354 e. The van der Waals surface area contributed by atoms with Crippen molar-refractivity contribution in [3.05, 3.63) is 54.0 Å². The normalized spacial score (nSPS) is 18.8. The molecule has 154 valence electrons. The molecule has 6 nitrogen and oxygen atoms in total. The number of hydrogen-bond acceptors (Lipinski definition) is 5. The van der Waals surface area contributed by atoms with Gasteiger partial charge in [0, 0.05) is 45.3 Å². The van der Waals surface area contributed by atoms with Crippen LogP contribution in [-0.4, -0.2) is 71.5 Å². The van der Waals surface area contributed by atoms with Crippen molar-refractivity contribution in [3.63, 3.8) is 0 Å².